The van der Waals surface area contributed by atoms with Crippen LogP contribution in [0, 0.1) is 0 Å². The van der Waals surface area contributed by atoms with Gasteiger partial charge in [0, 0.05) is 57.5 Å². The Hall–Kier alpha value is -2.61. The number of carbonyl (C=O) groups excluding carboxylic acids is 1. The van der Waals surface area contributed by atoms with Crippen LogP contribution in [0.2, 0.25) is 0 Å². The largest absolute Gasteiger partial charge is 0.459 e. The number of carbonyl (C=O) groups is 1. The van der Waals surface area contributed by atoms with Gasteiger partial charge in [-0.3, -0.25) is 9.69 Å². The minimum absolute atomic E-state index is 0.00676. The predicted octanol–water partition coefficient (Wildman–Crippen LogP) is 3.24. The van der Waals surface area contributed by atoms with Crippen molar-refractivity contribution >= 4 is 17.7 Å². The second-order valence-corrected chi connectivity index (χ2v) is 9.29. The van der Waals surface area contributed by atoms with Crippen LogP contribution in [0.4, 0.5) is 11.8 Å². The van der Waals surface area contributed by atoms with E-state index in [1.165, 1.54) is 25.7 Å². The maximum Gasteiger partial charge on any atom is 0.289 e. The molecule has 8 nitrogen and oxygen atoms in total. The van der Waals surface area contributed by atoms with Crippen LogP contribution in [0.5, 0.6) is 0 Å². The molecule has 2 unspecified atom stereocenters. The first-order valence-corrected chi connectivity index (χ1v) is 12.2. The van der Waals surface area contributed by atoms with E-state index < -0.39 is 0 Å². The molecule has 3 aliphatic heterocycles. The minimum Gasteiger partial charge on any atom is -0.459 e. The highest BCUT2D eigenvalue weighted by atomic mass is 16.3. The van der Waals surface area contributed by atoms with Crippen LogP contribution < -0.4 is 10.2 Å². The highest BCUT2D eigenvalue weighted by Crippen LogP contribution is 2.24. The minimum atomic E-state index is 0.00676. The summed E-state index contributed by atoms with van der Waals surface area (Å²) in [5.41, 5.74) is 0. The molecule has 3 aliphatic rings. The van der Waals surface area contributed by atoms with E-state index in [0.29, 0.717) is 17.8 Å². The number of nitrogens with one attached hydrogen (secondary N) is 1. The Morgan fingerprint density at radius 3 is 2.69 bits per heavy atom. The van der Waals surface area contributed by atoms with Crippen molar-refractivity contribution < 1.29 is 9.21 Å². The van der Waals surface area contributed by atoms with Crippen LogP contribution in [0.3, 0.4) is 0 Å². The Balaban J connectivity index is 1.16. The molecule has 5 heterocycles. The first-order chi connectivity index (χ1) is 15.8. The molecule has 1 N–H and O–H groups in total. The summed E-state index contributed by atoms with van der Waals surface area (Å²) in [6, 6.07) is 6.30. The lowest BCUT2D eigenvalue weighted by Crippen LogP contribution is -2.49. The summed E-state index contributed by atoms with van der Waals surface area (Å²) in [6.45, 7) is 5.75. The summed E-state index contributed by atoms with van der Waals surface area (Å²) in [4.78, 5) is 28.9. The Morgan fingerprint density at radius 1 is 1.00 bits per heavy atom. The maximum absolute atomic E-state index is 12.7. The van der Waals surface area contributed by atoms with Gasteiger partial charge < -0.3 is 19.5 Å². The third kappa shape index (κ3) is 4.90. The third-order valence-electron chi connectivity index (χ3n) is 7.06. The number of rotatable bonds is 5. The molecule has 2 aromatic rings. The van der Waals surface area contributed by atoms with Gasteiger partial charge in [0.05, 0.1) is 6.26 Å². The zero-order chi connectivity index (χ0) is 21.8. The summed E-state index contributed by atoms with van der Waals surface area (Å²) < 4.78 is 5.32. The fourth-order valence-corrected chi connectivity index (χ4v) is 5.31. The summed E-state index contributed by atoms with van der Waals surface area (Å²) in [5, 5.41) is 3.58. The van der Waals surface area contributed by atoms with E-state index in [0.717, 1.165) is 70.3 Å². The fraction of sp³-hybridized carbons (Fsp3) is 0.625. The average molecular weight is 439 g/mol. The van der Waals surface area contributed by atoms with Crippen LogP contribution in [-0.4, -0.2) is 77.0 Å². The molecule has 0 aromatic carbocycles. The number of likely N-dealkylation sites (tertiary alicyclic amines) is 2. The fourth-order valence-electron chi connectivity index (χ4n) is 5.31. The molecular weight excluding hydrogens is 404 g/mol. The molecule has 32 heavy (non-hydrogen) atoms. The third-order valence-corrected chi connectivity index (χ3v) is 7.06. The summed E-state index contributed by atoms with van der Waals surface area (Å²) in [7, 11) is 0. The standard InChI is InChI=1S/C24H34N6O2/c31-23(21-8-6-16-32-21)30-14-5-7-20(18-30)29-15-10-19(17-29)26-24-25-11-9-22(27-24)28-12-3-1-2-4-13-28/h6,8-9,11,16,19-20H,1-5,7,10,12-15,17-18H2,(H,25,26,27). The SMILES string of the molecule is O=C(c1ccco1)N1CCCC(N2CCC(Nc3nccc(N4CCCCCC4)n3)C2)C1. The number of amides is 1. The van der Waals surface area contributed by atoms with Crippen molar-refractivity contribution in [3.8, 4) is 0 Å². The molecule has 2 aromatic heterocycles. The van der Waals surface area contributed by atoms with E-state index in [1.807, 2.05) is 17.2 Å². The Morgan fingerprint density at radius 2 is 1.88 bits per heavy atom. The molecule has 3 saturated heterocycles. The van der Waals surface area contributed by atoms with Gasteiger partial charge in [-0.05, 0) is 50.3 Å². The molecule has 2 atom stereocenters. The molecule has 0 saturated carbocycles. The Bertz CT molecular complexity index is 880. The van der Waals surface area contributed by atoms with Gasteiger partial charge in [0.2, 0.25) is 5.95 Å². The molecule has 0 bridgehead atoms. The van der Waals surface area contributed by atoms with E-state index in [-0.39, 0.29) is 5.91 Å². The lowest BCUT2D eigenvalue weighted by molar-refractivity contribution is 0.0577. The highest BCUT2D eigenvalue weighted by Gasteiger charge is 2.33. The first-order valence-electron chi connectivity index (χ1n) is 12.2. The highest BCUT2D eigenvalue weighted by molar-refractivity contribution is 5.91. The predicted molar refractivity (Wildman–Crippen MR) is 124 cm³/mol. The number of furan rings is 1. The van der Waals surface area contributed by atoms with E-state index in [1.54, 1.807) is 18.4 Å². The molecule has 0 radical (unpaired) electrons. The van der Waals surface area contributed by atoms with Crippen molar-refractivity contribution in [3.05, 3.63) is 36.4 Å². The number of hydrogen-bond acceptors (Lipinski definition) is 7. The first kappa shape index (κ1) is 21.2. The molecule has 8 heteroatoms. The molecule has 172 valence electrons. The zero-order valence-electron chi connectivity index (χ0n) is 18.8. The molecular formula is C24H34N6O2. The normalized spacial score (nSPS) is 25.0. The van der Waals surface area contributed by atoms with Crippen molar-refractivity contribution in [3.63, 3.8) is 0 Å². The van der Waals surface area contributed by atoms with Gasteiger partial charge in [-0.15, -0.1) is 0 Å². The number of hydrogen-bond donors (Lipinski definition) is 1. The lowest BCUT2D eigenvalue weighted by atomic mass is 10.0. The van der Waals surface area contributed by atoms with Gasteiger partial charge in [0.1, 0.15) is 5.82 Å². The maximum atomic E-state index is 12.7. The van der Waals surface area contributed by atoms with Gasteiger partial charge in [0.25, 0.3) is 5.91 Å². The molecule has 0 spiro atoms. The van der Waals surface area contributed by atoms with Crippen LogP contribution in [-0.2, 0) is 0 Å². The molecule has 3 fully saturated rings. The smallest absolute Gasteiger partial charge is 0.289 e. The van der Waals surface area contributed by atoms with E-state index in [2.05, 4.69) is 20.1 Å². The Labute approximate surface area is 190 Å². The molecule has 1 amide bonds. The Kier molecular flexibility index (Phi) is 6.57. The monoisotopic (exact) mass is 438 g/mol. The van der Waals surface area contributed by atoms with Gasteiger partial charge in [-0.2, -0.15) is 4.98 Å². The van der Waals surface area contributed by atoms with Gasteiger partial charge in [-0.25, -0.2) is 4.98 Å². The molecule has 5 rings (SSSR count). The van der Waals surface area contributed by atoms with Crippen LogP contribution >= 0.6 is 0 Å². The average Bonchev–Trinajstić information content (AvgIpc) is 3.46. The van der Waals surface area contributed by atoms with E-state index in [4.69, 9.17) is 9.40 Å². The lowest BCUT2D eigenvalue weighted by Gasteiger charge is -2.37. The quantitative estimate of drug-likeness (QED) is 0.768. The summed E-state index contributed by atoms with van der Waals surface area (Å²) in [5.74, 6) is 2.22. The van der Waals surface area contributed by atoms with E-state index in [9.17, 15) is 4.79 Å². The van der Waals surface area contributed by atoms with Crippen LogP contribution in [0.1, 0.15) is 55.5 Å². The topological polar surface area (TPSA) is 77.7 Å². The zero-order valence-corrected chi connectivity index (χ0v) is 18.8. The van der Waals surface area contributed by atoms with Gasteiger partial charge in [-0.1, -0.05) is 12.8 Å². The van der Waals surface area contributed by atoms with Crippen LogP contribution in [0.25, 0.3) is 0 Å². The summed E-state index contributed by atoms with van der Waals surface area (Å²) >= 11 is 0. The van der Waals surface area contributed by atoms with E-state index >= 15 is 0 Å². The van der Waals surface area contributed by atoms with Crippen molar-refractivity contribution in [1.82, 2.24) is 19.8 Å². The van der Waals surface area contributed by atoms with Gasteiger partial charge in [0.15, 0.2) is 5.76 Å². The number of nitrogens with zero attached hydrogens (tertiary/aromatic N) is 5. The van der Waals surface area contributed by atoms with Crippen LogP contribution in [0.15, 0.2) is 35.1 Å². The van der Waals surface area contributed by atoms with Gasteiger partial charge >= 0.3 is 0 Å². The van der Waals surface area contributed by atoms with Crippen molar-refractivity contribution in [1.29, 1.82) is 0 Å². The van der Waals surface area contributed by atoms with Crippen molar-refractivity contribution in [2.24, 2.45) is 0 Å². The number of anilines is 2. The second kappa shape index (κ2) is 9.90. The molecule has 0 aliphatic carbocycles. The number of aromatic nitrogens is 2. The second-order valence-electron chi connectivity index (χ2n) is 9.29. The summed E-state index contributed by atoms with van der Waals surface area (Å²) in [6.07, 6.45) is 11.8. The number of piperidine rings is 1. The van der Waals surface area contributed by atoms with Crippen molar-refractivity contribution in [2.45, 2.75) is 57.0 Å². The van der Waals surface area contributed by atoms with Crippen molar-refractivity contribution in [2.75, 3.05) is 49.5 Å².